The maximum absolute atomic E-state index is 12.0. The molecule has 1 aliphatic rings. The molecule has 1 amide bonds. The van der Waals surface area contributed by atoms with Crippen LogP contribution in [0.2, 0.25) is 0 Å². The molecule has 0 saturated heterocycles. The molecule has 0 bridgehead atoms. The summed E-state index contributed by atoms with van der Waals surface area (Å²) in [7, 11) is 0. The zero-order valence-corrected chi connectivity index (χ0v) is 12.3. The summed E-state index contributed by atoms with van der Waals surface area (Å²) in [5.74, 6) is 0.475. The Balaban J connectivity index is 1.73. The molecule has 6 nitrogen and oxygen atoms in total. The Kier molecular flexibility index (Phi) is 3.52. The Bertz CT molecular complexity index is 628. The number of hydrogen-bond acceptors (Lipinski definition) is 6. The molecule has 2 aromatic rings. The fourth-order valence-electron chi connectivity index (χ4n) is 2.49. The summed E-state index contributed by atoms with van der Waals surface area (Å²) < 4.78 is 5.51. The molecule has 0 spiro atoms. The molecule has 1 aliphatic carbocycles. The second-order valence-corrected chi connectivity index (χ2v) is 6.23. The summed E-state index contributed by atoms with van der Waals surface area (Å²) in [6, 6.07) is 0.169. The summed E-state index contributed by atoms with van der Waals surface area (Å²) in [6.07, 6.45) is 4.12. The van der Waals surface area contributed by atoms with E-state index in [0.717, 1.165) is 41.3 Å². The van der Waals surface area contributed by atoms with Gasteiger partial charge in [-0.25, -0.2) is 4.98 Å². The van der Waals surface area contributed by atoms with Crippen LogP contribution in [0.3, 0.4) is 0 Å². The SMILES string of the molecule is Cc1nc(C)c(-c2nnc(NC(=O)C3CCCC3)o2)s1. The Hall–Kier alpha value is -1.76. The minimum Gasteiger partial charge on any atom is -0.402 e. The molecule has 0 atom stereocenters. The summed E-state index contributed by atoms with van der Waals surface area (Å²) in [5.41, 5.74) is 0.866. The van der Waals surface area contributed by atoms with Crippen LogP contribution in [0.15, 0.2) is 4.42 Å². The van der Waals surface area contributed by atoms with Crippen LogP contribution in [-0.2, 0) is 4.79 Å². The van der Waals surface area contributed by atoms with Gasteiger partial charge in [-0.3, -0.25) is 10.1 Å². The lowest BCUT2D eigenvalue weighted by Crippen LogP contribution is -2.20. The predicted octanol–water partition coefficient (Wildman–Crippen LogP) is 2.94. The summed E-state index contributed by atoms with van der Waals surface area (Å²) >= 11 is 1.50. The van der Waals surface area contributed by atoms with Gasteiger partial charge in [0.15, 0.2) is 0 Å². The van der Waals surface area contributed by atoms with Crippen molar-refractivity contribution in [2.75, 3.05) is 5.32 Å². The Morgan fingerprint density at radius 3 is 2.70 bits per heavy atom. The first kappa shape index (κ1) is 13.2. The van der Waals surface area contributed by atoms with E-state index in [-0.39, 0.29) is 17.8 Å². The molecule has 1 N–H and O–H groups in total. The number of nitrogens with one attached hydrogen (secondary N) is 1. The highest BCUT2D eigenvalue weighted by atomic mass is 32.1. The van der Waals surface area contributed by atoms with Crippen molar-refractivity contribution in [1.29, 1.82) is 0 Å². The van der Waals surface area contributed by atoms with Crippen LogP contribution in [0.1, 0.15) is 36.4 Å². The molecular weight excluding hydrogens is 276 g/mol. The van der Waals surface area contributed by atoms with E-state index in [1.165, 1.54) is 11.3 Å². The minimum atomic E-state index is -0.0186. The number of carbonyl (C=O) groups is 1. The van der Waals surface area contributed by atoms with Gasteiger partial charge >= 0.3 is 6.01 Å². The van der Waals surface area contributed by atoms with Crippen LogP contribution in [0.4, 0.5) is 6.01 Å². The smallest absolute Gasteiger partial charge is 0.322 e. The Morgan fingerprint density at radius 1 is 1.30 bits per heavy atom. The number of nitrogens with zero attached hydrogens (tertiary/aromatic N) is 3. The molecule has 2 aromatic heterocycles. The third kappa shape index (κ3) is 2.58. The van der Waals surface area contributed by atoms with Crippen LogP contribution in [0.25, 0.3) is 10.8 Å². The predicted molar refractivity (Wildman–Crippen MR) is 75.5 cm³/mol. The van der Waals surface area contributed by atoms with Crippen molar-refractivity contribution in [3.63, 3.8) is 0 Å². The van der Waals surface area contributed by atoms with E-state index in [1.54, 1.807) is 0 Å². The molecule has 1 saturated carbocycles. The first-order valence-corrected chi connectivity index (χ1v) is 7.54. The van der Waals surface area contributed by atoms with Gasteiger partial charge in [0.1, 0.15) is 4.88 Å². The quantitative estimate of drug-likeness (QED) is 0.940. The van der Waals surface area contributed by atoms with Crippen molar-refractivity contribution >= 4 is 23.3 Å². The first-order chi connectivity index (χ1) is 9.63. The highest BCUT2D eigenvalue weighted by Gasteiger charge is 2.24. The maximum Gasteiger partial charge on any atom is 0.322 e. The molecule has 7 heteroatoms. The van der Waals surface area contributed by atoms with Crippen LogP contribution in [-0.4, -0.2) is 21.1 Å². The minimum absolute atomic E-state index is 0.0186. The molecular formula is C13H16N4O2S. The molecule has 1 fully saturated rings. The number of aryl methyl sites for hydroxylation is 2. The van der Waals surface area contributed by atoms with Gasteiger partial charge < -0.3 is 4.42 Å². The summed E-state index contributed by atoms with van der Waals surface area (Å²) in [6.45, 7) is 3.83. The van der Waals surface area contributed by atoms with Gasteiger partial charge in [0, 0.05) is 5.92 Å². The van der Waals surface area contributed by atoms with Crippen LogP contribution in [0.5, 0.6) is 0 Å². The van der Waals surface area contributed by atoms with E-state index < -0.39 is 0 Å². The van der Waals surface area contributed by atoms with E-state index in [4.69, 9.17) is 4.42 Å². The molecule has 0 aromatic carbocycles. The molecule has 3 rings (SSSR count). The number of aromatic nitrogens is 3. The van der Waals surface area contributed by atoms with E-state index in [0.29, 0.717) is 5.89 Å². The fraction of sp³-hybridized carbons (Fsp3) is 0.538. The normalized spacial score (nSPS) is 15.7. The number of amides is 1. The van der Waals surface area contributed by atoms with Gasteiger partial charge in [-0.05, 0) is 26.7 Å². The lowest BCUT2D eigenvalue weighted by atomic mass is 10.1. The summed E-state index contributed by atoms with van der Waals surface area (Å²) in [4.78, 5) is 17.2. The van der Waals surface area contributed by atoms with Gasteiger partial charge in [0.25, 0.3) is 5.89 Å². The lowest BCUT2D eigenvalue weighted by Gasteiger charge is -2.06. The number of anilines is 1. The van der Waals surface area contributed by atoms with Gasteiger partial charge in [-0.15, -0.1) is 16.4 Å². The van der Waals surface area contributed by atoms with E-state index in [9.17, 15) is 4.79 Å². The van der Waals surface area contributed by atoms with Crippen molar-refractivity contribution in [1.82, 2.24) is 15.2 Å². The van der Waals surface area contributed by atoms with Crippen LogP contribution >= 0.6 is 11.3 Å². The van der Waals surface area contributed by atoms with Crippen molar-refractivity contribution in [3.8, 4) is 10.8 Å². The summed E-state index contributed by atoms with van der Waals surface area (Å²) in [5, 5.41) is 11.5. The van der Waals surface area contributed by atoms with Crippen molar-refractivity contribution < 1.29 is 9.21 Å². The van der Waals surface area contributed by atoms with Crippen LogP contribution < -0.4 is 5.32 Å². The van der Waals surface area contributed by atoms with Gasteiger partial charge in [0.05, 0.1) is 10.7 Å². The standard InChI is InChI=1S/C13H16N4O2S/c1-7-10(20-8(2)14-7)12-16-17-13(19-12)15-11(18)9-5-3-4-6-9/h9H,3-6H2,1-2H3,(H,15,17,18). The van der Waals surface area contributed by atoms with Gasteiger partial charge in [0.2, 0.25) is 5.91 Å². The van der Waals surface area contributed by atoms with Gasteiger partial charge in [-0.2, -0.15) is 0 Å². The largest absolute Gasteiger partial charge is 0.402 e. The highest BCUT2D eigenvalue weighted by Crippen LogP contribution is 2.30. The molecule has 0 unspecified atom stereocenters. The number of hydrogen-bond donors (Lipinski definition) is 1. The Labute approximate surface area is 120 Å². The maximum atomic E-state index is 12.0. The van der Waals surface area contributed by atoms with E-state index >= 15 is 0 Å². The third-order valence-electron chi connectivity index (χ3n) is 3.48. The van der Waals surface area contributed by atoms with Crippen LogP contribution in [0, 0.1) is 19.8 Å². The number of thiazole rings is 1. The highest BCUT2D eigenvalue weighted by molar-refractivity contribution is 7.15. The monoisotopic (exact) mass is 292 g/mol. The second kappa shape index (κ2) is 5.32. The zero-order chi connectivity index (χ0) is 14.1. The number of rotatable bonds is 3. The molecule has 0 aliphatic heterocycles. The average Bonchev–Trinajstić information content (AvgIpc) is 3.10. The fourth-order valence-corrected chi connectivity index (χ4v) is 3.33. The number of carbonyl (C=O) groups excluding carboxylic acids is 1. The average molecular weight is 292 g/mol. The van der Waals surface area contributed by atoms with E-state index in [1.807, 2.05) is 13.8 Å². The topological polar surface area (TPSA) is 80.9 Å². The molecule has 2 heterocycles. The van der Waals surface area contributed by atoms with Crippen molar-refractivity contribution in [2.24, 2.45) is 5.92 Å². The second-order valence-electron chi connectivity index (χ2n) is 5.03. The Morgan fingerprint density at radius 2 is 2.05 bits per heavy atom. The van der Waals surface area contributed by atoms with E-state index in [2.05, 4.69) is 20.5 Å². The van der Waals surface area contributed by atoms with Crippen molar-refractivity contribution in [3.05, 3.63) is 10.7 Å². The molecule has 20 heavy (non-hydrogen) atoms. The molecule has 106 valence electrons. The lowest BCUT2D eigenvalue weighted by molar-refractivity contribution is -0.119. The van der Waals surface area contributed by atoms with Gasteiger partial charge in [-0.1, -0.05) is 17.9 Å². The van der Waals surface area contributed by atoms with Crippen molar-refractivity contribution in [2.45, 2.75) is 39.5 Å². The first-order valence-electron chi connectivity index (χ1n) is 6.72. The third-order valence-corrected chi connectivity index (χ3v) is 4.54. The molecule has 0 radical (unpaired) electrons. The zero-order valence-electron chi connectivity index (χ0n) is 11.5.